The molecule has 1 saturated carbocycles. The molecule has 2 aromatic carbocycles. The largest absolute Gasteiger partial charge is 0.298 e. The molecule has 2 fully saturated rings. The monoisotopic (exact) mass is 316 g/mol. The SMILES string of the molecule is C[C@@H]1CCCN1C1CC(c2ccc(-c3ccc(C#N)cc3)cc2)C1. The van der Waals surface area contributed by atoms with Gasteiger partial charge >= 0.3 is 0 Å². The van der Waals surface area contributed by atoms with Crippen LogP contribution in [0.15, 0.2) is 48.5 Å². The molecule has 1 aliphatic carbocycles. The summed E-state index contributed by atoms with van der Waals surface area (Å²) >= 11 is 0. The zero-order valence-corrected chi connectivity index (χ0v) is 14.3. The second kappa shape index (κ2) is 6.42. The fourth-order valence-electron chi connectivity index (χ4n) is 4.31. The van der Waals surface area contributed by atoms with E-state index in [0.717, 1.165) is 18.0 Å². The average Bonchev–Trinajstić information content (AvgIpc) is 3.00. The van der Waals surface area contributed by atoms with Gasteiger partial charge in [0.2, 0.25) is 0 Å². The Morgan fingerprint density at radius 3 is 2.12 bits per heavy atom. The molecule has 0 amide bonds. The first-order valence-corrected chi connectivity index (χ1v) is 9.11. The van der Waals surface area contributed by atoms with Crippen LogP contribution in [0, 0.1) is 11.3 Å². The van der Waals surface area contributed by atoms with Gasteiger partial charge in [-0.1, -0.05) is 36.4 Å². The minimum absolute atomic E-state index is 0.715. The molecule has 1 aliphatic heterocycles. The van der Waals surface area contributed by atoms with Gasteiger partial charge in [0.05, 0.1) is 11.6 Å². The molecule has 1 saturated heterocycles. The molecular formula is C22H24N2. The van der Waals surface area contributed by atoms with E-state index in [0.29, 0.717) is 5.56 Å². The third kappa shape index (κ3) is 2.85. The average molecular weight is 316 g/mol. The van der Waals surface area contributed by atoms with Gasteiger partial charge in [-0.3, -0.25) is 4.90 Å². The Labute approximate surface area is 144 Å². The van der Waals surface area contributed by atoms with E-state index in [1.165, 1.54) is 48.9 Å². The Kier molecular flexibility index (Phi) is 4.12. The molecule has 2 aliphatic rings. The van der Waals surface area contributed by atoms with Crippen LogP contribution in [0.25, 0.3) is 11.1 Å². The second-order valence-corrected chi connectivity index (χ2v) is 7.36. The van der Waals surface area contributed by atoms with Gasteiger partial charge < -0.3 is 0 Å². The number of nitriles is 1. The molecule has 24 heavy (non-hydrogen) atoms. The predicted octanol–water partition coefficient (Wildman–Crippen LogP) is 4.96. The summed E-state index contributed by atoms with van der Waals surface area (Å²) in [6.07, 6.45) is 5.39. The normalized spacial score (nSPS) is 26.8. The lowest BCUT2D eigenvalue weighted by Crippen LogP contribution is -2.45. The van der Waals surface area contributed by atoms with Crippen molar-refractivity contribution in [1.82, 2.24) is 4.90 Å². The number of hydrogen-bond acceptors (Lipinski definition) is 2. The van der Waals surface area contributed by atoms with Crippen molar-refractivity contribution in [2.45, 2.75) is 50.6 Å². The number of nitrogens with zero attached hydrogens (tertiary/aromatic N) is 2. The molecule has 2 heteroatoms. The van der Waals surface area contributed by atoms with Crippen LogP contribution in [0.1, 0.15) is 49.7 Å². The maximum absolute atomic E-state index is 8.89. The van der Waals surface area contributed by atoms with Gasteiger partial charge in [-0.25, -0.2) is 0 Å². The molecule has 122 valence electrons. The summed E-state index contributed by atoms with van der Waals surface area (Å²) in [4.78, 5) is 2.72. The van der Waals surface area contributed by atoms with Gasteiger partial charge in [0.15, 0.2) is 0 Å². The van der Waals surface area contributed by atoms with Crippen molar-refractivity contribution >= 4 is 0 Å². The van der Waals surface area contributed by atoms with Gasteiger partial charge in [0.1, 0.15) is 0 Å². The first-order chi connectivity index (χ1) is 11.7. The van der Waals surface area contributed by atoms with Crippen molar-refractivity contribution in [1.29, 1.82) is 5.26 Å². The zero-order chi connectivity index (χ0) is 16.5. The number of likely N-dealkylation sites (tertiary alicyclic amines) is 1. The van der Waals surface area contributed by atoms with E-state index >= 15 is 0 Å². The molecule has 4 rings (SSSR count). The van der Waals surface area contributed by atoms with Crippen molar-refractivity contribution in [2.24, 2.45) is 0 Å². The minimum atomic E-state index is 0.715. The maximum atomic E-state index is 8.89. The Hall–Kier alpha value is -2.11. The van der Waals surface area contributed by atoms with Crippen LogP contribution in [0.4, 0.5) is 0 Å². The smallest absolute Gasteiger partial charge is 0.0991 e. The molecule has 0 bridgehead atoms. The molecule has 0 radical (unpaired) electrons. The van der Waals surface area contributed by atoms with Crippen LogP contribution in [-0.4, -0.2) is 23.5 Å². The van der Waals surface area contributed by atoms with Crippen LogP contribution < -0.4 is 0 Å². The molecule has 1 heterocycles. The lowest BCUT2D eigenvalue weighted by Gasteiger charge is -2.43. The molecule has 2 aromatic rings. The Morgan fingerprint density at radius 1 is 0.958 bits per heavy atom. The van der Waals surface area contributed by atoms with Crippen molar-refractivity contribution in [3.8, 4) is 17.2 Å². The summed E-state index contributed by atoms with van der Waals surface area (Å²) < 4.78 is 0. The van der Waals surface area contributed by atoms with Gasteiger partial charge in [-0.2, -0.15) is 5.26 Å². The van der Waals surface area contributed by atoms with Crippen LogP contribution >= 0.6 is 0 Å². The summed E-state index contributed by atoms with van der Waals surface area (Å²) in [6, 6.07) is 20.6. The topological polar surface area (TPSA) is 27.0 Å². The first-order valence-electron chi connectivity index (χ1n) is 9.11. The second-order valence-electron chi connectivity index (χ2n) is 7.36. The molecule has 0 spiro atoms. The molecule has 2 nitrogen and oxygen atoms in total. The Bertz CT molecular complexity index is 733. The van der Waals surface area contributed by atoms with E-state index in [1.807, 2.05) is 24.3 Å². The van der Waals surface area contributed by atoms with E-state index in [-0.39, 0.29) is 0 Å². The zero-order valence-electron chi connectivity index (χ0n) is 14.3. The molecule has 0 unspecified atom stereocenters. The fourth-order valence-corrected chi connectivity index (χ4v) is 4.31. The molecule has 0 aromatic heterocycles. The van der Waals surface area contributed by atoms with E-state index in [4.69, 9.17) is 5.26 Å². The van der Waals surface area contributed by atoms with Crippen molar-refractivity contribution in [3.05, 3.63) is 59.7 Å². The van der Waals surface area contributed by atoms with Gasteiger partial charge in [-0.05, 0) is 73.9 Å². The summed E-state index contributed by atoms with van der Waals surface area (Å²) in [7, 11) is 0. The third-order valence-corrected chi connectivity index (χ3v) is 5.92. The quantitative estimate of drug-likeness (QED) is 0.800. The summed E-state index contributed by atoms with van der Waals surface area (Å²) in [5, 5.41) is 8.89. The van der Waals surface area contributed by atoms with E-state index in [2.05, 4.69) is 42.2 Å². The molecule has 0 N–H and O–H groups in total. The van der Waals surface area contributed by atoms with E-state index < -0.39 is 0 Å². The lowest BCUT2D eigenvalue weighted by molar-refractivity contribution is 0.103. The van der Waals surface area contributed by atoms with Crippen molar-refractivity contribution in [2.75, 3.05) is 6.54 Å². The summed E-state index contributed by atoms with van der Waals surface area (Å²) in [6.45, 7) is 3.68. The third-order valence-electron chi connectivity index (χ3n) is 5.92. The first kappa shape index (κ1) is 15.4. The van der Waals surface area contributed by atoms with Gasteiger partial charge in [0, 0.05) is 12.1 Å². The molecule has 1 atom stereocenters. The Morgan fingerprint density at radius 2 is 1.58 bits per heavy atom. The number of rotatable bonds is 3. The number of hydrogen-bond donors (Lipinski definition) is 0. The number of benzene rings is 2. The highest BCUT2D eigenvalue weighted by atomic mass is 15.2. The van der Waals surface area contributed by atoms with Crippen LogP contribution in [-0.2, 0) is 0 Å². The standard InChI is InChI=1S/C22H24N2/c1-16-3-2-12-24(16)22-13-21(14-22)20-10-8-19(9-11-20)18-6-4-17(15-23)5-7-18/h4-11,16,21-22H,2-3,12-14H2,1H3/t16-,21?,22?/m1/s1. The van der Waals surface area contributed by atoms with Crippen molar-refractivity contribution in [3.63, 3.8) is 0 Å². The van der Waals surface area contributed by atoms with Crippen LogP contribution in [0.2, 0.25) is 0 Å². The van der Waals surface area contributed by atoms with Gasteiger partial charge in [-0.15, -0.1) is 0 Å². The lowest BCUT2D eigenvalue weighted by atomic mass is 9.74. The van der Waals surface area contributed by atoms with Crippen molar-refractivity contribution < 1.29 is 0 Å². The fraction of sp³-hybridized carbons (Fsp3) is 0.409. The van der Waals surface area contributed by atoms with E-state index in [9.17, 15) is 0 Å². The summed E-state index contributed by atoms with van der Waals surface area (Å²) in [5.41, 5.74) is 4.60. The van der Waals surface area contributed by atoms with Gasteiger partial charge in [0.25, 0.3) is 0 Å². The van der Waals surface area contributed by atoms with Crippen LogP contribution in [0.3, 0.4) is 0 Å². The molecular weight excluding hydrogens is 292 g/mol. The highest BCUT2D eigenvalue weighted by molar-refractivity contribution is 5.64. The maximum Gasteiger partial charge on any atom is 0.0991 e. The minimum Gasteiger partial charge on any atom is -0.298 e. The van der Waals surface area contributed by atoms with Crippen LogP contribution in [0.5, 0.6) is 0 Å². The highest BCUT2D eigenvalue weighted by Gasteiger charge is 2.37. The Balaban J connectivity index is 1.40. The van der Waals surface area contributed by atoms with E-state index in [1.54, 1.807) is 0 Å². The predicted molar refractivity (Wildman–Crippen MR) is 97.8 cm³/mol. The highest BCUT2D eigenvalue weighted by Crippen LogP contribution is 2.42. The summed E-state index contributed by atoms with van der Waals surface area (Å²) in [5.74, 6) is 0.734.